The van der Waals surface area contributed by atoms with Gasteiger partial charge in [0.15, 0.2) is 0 Å². The summed E-state index contributed by atoms with van der Waals surface area (Å²) in [7, 11) is 1.63. The summed E-state index contributed by atoms with van der Waals surface area (Å²) in [5.41, 5.74) is 0.446. The van der Waals surface area contributed by atoms with Crippen molar-refractivity contribution in [2.75, 3.05) is 0 Å². The van der Waals surface area contributed by atoms with Gasteiger partial charge in [-0.25, -0.2) is 23.5 Å². The average molecular weight is 285 g/mol. The van der Waals surface area contributed by atoms with Crippen molar-refractivity contribution >= 4 is 0 Å². The van der Waals surface area contributed by atoms with Crippen molar-refractivity contribution in [2.45, 2.75) is 37.1 Å². The number of epoxide rings is 1. The second-order valence-electron chi connectivity index (χ2n) is 8.61. The lowest BCUT2D eigenvalue weighted by molar-refractivity contribution is -0.557. The summed E-state index contributed by atoms with van der Waals surface area (Å²) in [5.74, 6) is 3.09. The normalized spacial score (nSPS) is 67.5. The molecule has 8 aliphatic rings. The van der Waals surface area contributed by atoms with E-state index in [1.54, 1.807) is 7.05 Å². The predicted octanol–water partition coefficient (Wildman–Crippen LogP) is -0.503. The van der Waals surface area contributed by atoms with Crippen LogP contribution < -0.4 is 11.4 Å². The minimum atomic E-state index is -0.0935. The average Bonchev–Trinajstić information content (AvgIpc) is 3.15. The molecule has 1 aromatic rings. The minimum Gasteiger partial charge on any atom is -0.370 e. The van der Waals surface area contributed by atoms with Crippen LogP contribution in [0.25, 0.3) is 0 Å². The van der Waals surface area contributed by atoms with E-state index in [4.69, 9.17) is 4.74 Å². The zero-order chi connectivity index (χ0) is 13.6. The van der Waals surface area contributed by atoms with Gasteiger partial charge in [-0.2, -0.15) is 0 Å². The van der Waals surface area contributed by atoms with Crippen molar-refractivity contribution in [2.24, 2.45) is 41.5 Å². The Bertz CT molecular complexity index is 854. The fraction of sp³-hybridized carbons (Fsp3) is 0.867. The van der Waals surface area contributed by atoms with Crippen LogP contribution in [0.1, 0.15) is 24.9 Å². The van der Waals surface area contributed by atoms with E-state index in [0.29, 0.717) is 47.0 Å². The van der Waals surface area contributed by atoms with Crippen LogP contribution in [0.5, 0.6) is 0 Å². The van der Waals surface area contributed by atoms with Gasteiger partial charge >= 0.3 is 11.4 Å². The molecule has 0 aromatic carbocycles. The fourth-order valence-corrected chi connectivity index (χ4v) is 8.81. The van der Waals surface area contributed by atoms with E-state index in [1.807, 2.05) is 9.36 Å². The monoisotopic (exact) mass is 285 g/mol. The molecule has 0 radical (unpaired) electrons. The summed E-state index contributed by atoms with van der Waals surface area (Å²) in [5, 5.41) is 0. The number of hydrogen-bond donors (Lipinski definition) is 0. The molecule has 6 nitrogen and oxygen atoms in total. The molecule has 108 valence electrons. The molecule has 6 heteroatoms. The van der Waals surface area contributed by atoms with Crippen LogP contribution >= 0.6 is 0 Å². The van der Waals surface area contributed by atoms with Gasteiger partial charge in [0.1, 0.15) is 0 Å². The van der Waals surface area contributed by atoms with Crippen LogP contribution in [0.2, 0.25) is 0 Å². The van der Waals surface area contributed by atoms with Crippen LogP contribution in [0.15, 0.2) is 9.59 Å². The summed E-state index contributed by atoms with van der Waals surface area (Å²) in [6, 6.07) is 0.600. The first kappa shape index (κ1) is 9.66. The molecule has 2 bridgehead atoms. The standard InChI is InChI=1S/C15H15N3O3/c1-16-12(19)17-10-6-7-9-8(6)14(10)2-4-5(21-4)3-15(9,14)11(7)18(17)13(16)20/h4-11H,2-3H2,1H3/t4-,5-,6+,7+,8+,9+,10-,11-,14+,15+/m0/s1. The Labute approximate surface area is 119 Å². The fourth-order valence-electron chi connectivity index (χ4n) is 8.81. The molecule has 21 heavy (non-hydrogen) atoms. The highest BCUT2D eigenvalue weighted by Crippen LogP contribution is 3.04. The first-order valence-electron chi connectivity index (χ1n) is 8.20. The van der Waals surface area contributed by atoms with Crippen molar-refractivity contribution in [1.29, 1.82) is 0 Å². The second kappa shape index (κ2) is 2.11. The quantitative estimate of drug-likeness (QED) is 0.604. The van der Waals surface area contributed by atoms with Crippen LogP contribution in [0.4, 0.5) is 0 Å². The molecule has 3 aliphatic heterocycles. The summed E-state index contributed by atoms with van der Waals surface area (Å²) in [4.78, 5) is 25.1. The van der Waals surface area contributed by atoms with Crippen molar-refractivity contribution in [1.82, 2.24) is 13.9 Å². The van der Waals surface area contributed by atoms with Crippen molar-refractivity contribution < 1.29 is 4.74 Å². The number of fused-ring (bicyclic) bond motifs is 1. The van der Waals surface area contributed by atoms with Crippen LogP contribution in [-0.2, 0) is 11.8 Å². The SMILES string of the molecule is Cn1c(=O)n2n(c1=O)[C@H]1[C@@H]3[C@@H]4[C@@H]5[C@@H]3[C@]13C[C@@H]1O[C@H]1C[C@]53[C@H]42. The molecule has 0 N–H and O–H groups in total. The highest BCUT2D eigenvalue weighted by atomic mass is 16.6. The molecule has 1 saturated heterocycles. The van der Waals surface area contributed by atoms with Crippen LogP contribution in [-0.4, -0.2) is 26.1 Å². The van der Waals surface area contributed by atoms with Gasteiger partial charge in [0, 0.05) is 17.9 Å². The zero-order valence-corrected chi connectivity index (χ0v) is 11.6. The van der Waals surface area contributed by atoms with E-state index in [1.165, 1.54) is 4.57 Å². The van der Waals surface area contributed by atoms with Crippen molar-refractivity contribution in [3.63, 3.8) is 0 Å². The van der Waals surface area contributed by atoms with Gasteiger partial charge in [0.25, 0.3) is 0 Å². The van der Waals surface area contributed by atoms with Gasteiger partial charge in [-0.3, -0.25) is 0 Å². The largest absolute Gasteiger partial charge is 0.370 e. The molecule has 5 aliphatic carbocycles. The maximum atomic E-state index is 12.6. The van der Waals surface area contributed by atoms with E-state index in [2.05, 4.69) is 0 Å². The summed E-state index contributed by atoms with van der Waals surface area (Å²) in [6.45, 7) is 0. The van der Waals surface area contributed by atoms with Gasteiger partial charge < -0.3 is 4.74 Å². The Morgan fingerprint density at radius 3 is 1.90 bits per heavy atom. The first-order chi connectivity index (χ1) is 10.1. The van der Waals surface area contributed by atoms with Gasteiger partial charge in [0.05, 0.1) is 24.3 Å². The zero-order valence-electron chi connectivity index (χ0n) is 11.6. The number of rotatable bonds is 0. The summed E-state index contributed by atoms with van der Waals surface area (Å²) >= 11 is 0. The van der Waals surface area contributed by atoms with Crippen LogP contribution in [0.3, 0.4) is 0 Å². The number of aromatic nitrogens is 3. The Morgan fingerprint density at radius 1 is 0.952 bits per heavy atom. The van der Waals surface area contributed by atoms with E-state index in [-0.39, 0.29) is 11.4 Å². The van der Waals surface area contributed by atoms with Gasteiger partial charge in [-0.05, 0) is 36.5 Å². The molecule has 0 unspecified atom stereocenters. The molecule has 4 heterocycles. The predicted molar refractivity (Wildman–Crippen MR) is 68.7 cm³/mol. The molecule has 10 atom stereocenters. The van der Waals surface area contributed by atoms with Gasteiger partial charge in [-0.1, -0.05) is 0 Å². The molecule has 5 saturated carbocycles. The third kappa shape index (κ3) is 0.525. The topological polar surface area (TPSA) is 61.5 Å². The Hall–Kier alpha value is -1.30. The van der Waals surface area contributed by atoms with E-state index in [0.717, 1.165) is 24.7 Å². The van der Waals surface area contributed by atoms with Crippen LogP contribution in [0, 0.1) is 34.5 Å². The minimum absolute atomic E-state index is 0.0935. The number of hydrogen-bond acceptors (Lipinski definition) is 3. The smallest absolute Gasteiger partial charge is 0.347 e. The Kier molecular flexibility index (Phi) is 0.971. The van der Waals surface area contributed by atoms with Crippen molar-refractivity contribution in [3.8, 4) is 0 Å². The van der Waals surface area contributed by atoms with E-state index in [9.17, 15) is 9.59 Å². The molecular formula is C15H15N3O3. The lowest BCUT2D eigenvalue weighted by Crippen LogP contribution is -3.01. The highest BCUT2D eigenvalue weighted by molar-refractivity contribution is 5.50. The molecule has 9 rings (SSSR count). The van der Waals surface area contributed by atoms with Gasteiger partial charge in [-0.15, -0.1) is 0 Å². The maximum Gasteiger partial charge on any atom is 0.347 e. The third-order valence-electron chi connectivity index (χ3n) is 8.99. The molecule has 0 amide bonds. The van der Waals surface area contributed by atoms with E-state index < -0.39 is 0 Å². The molecule has 2 spiro atoms. The molecular weight excluding hydrogens is 270 g/mol. The number of ether oxygens (including phenoxy) is 1. The first-order valence-corrected chi connectivity index (χ1v) is 8.20. The third-order valence-corrected chi connectivity index (χ3v) is 8.99. The lowest BCUT2D eigenvalue weighted by atomic mass is 9.04. The van der Waals surface area contributed by atoms with Crippen molar-refractivity contribution in [3.05, 3.63) is 21.0 Å². The lowest BCUT2D eigenvalue weighted by Gasteiger charge is -3.02. The Balaban J connectivity index is 1.53. The number of nitrogens with zero attached hydrogens (tertiary/aromatic N) is 3. The van der Waals surface area contributed by atoms with Gasteiger partial charge in [0.2, 0.25) is 0 Å². The van der Waals surface area contributed by atoms with E-state index >= 15 is 0 Å². The molecule has 1 aromatic heterocycles. The second-order valence-corrected chi connectivity index (χ2v) is 8.61. The summed E-state index contributed by atoms with van der Waals surface area (Å²) < 4.78 is 10.9. The Morgan fingerprint density at radius 2 is 1.43 bits per heavy atom. The molecule has 6 fully saturated rings. The summed E-state index contributed by atoms with van der Waals surface area (Å²) in [6.07, 6.45) is 3.22. The highest BCUT2D eigenvalue weighted by Gasteiger charge is 3.03. The maximum absolute atomic E-state index is 12.6.